The normalized spacial score (nSPS) is 16.8. The summed E-state index contributed by atoms with van der Waals surface area (Å²) in [5.41, 5.74) is 2.35. The highest BCUT2D eigenvalue weighted by molar-refractivity contribution is 9.10. The average Bonchev–Trinajstić information content (AvgIpc) is 2.41. The zero-order valence-corrected chi connectivity index (χ0v) is 12.3. The number of hydrogen-bond donors (Lipinski definition) is 1. The van der Waals surface area contributed by atoms with Crippen molar-refractivity contribution in [3.63, 3.8) is 0 Å². The van der Waals surface area contributed by atoms with Crippen LogP contribution in [0.1, 0.15) is 18.4 Å². The van der Waals surface area contributed by atoms with E-state index >= 15 is 0 Å². The summed E-state index contributed by atoms with van der Waals surface area (Å²) >= 11 is 3.57. The Morgan fingerprint density at radius 2 is 2.17 bits per heavy atom. The van der Waals surface area contributed by atoms with E-state index in [1.54, 1.807) is 7.11 Å². The molecule has 0 atom stereocenters. The van der Waals surface area contributed by atoms with Crippen molar-refractivity contribution in [2.45, 2.75) is 19.4 Å². The third-order valence-electron chi connectivity index (χ3n) is 3.33. The highest BCUT2D eigenvalue weighted by atomic mass is 79.9. The molecule has 18 heavy (non-hydrogen) atoms. The predicted molar refractivity (Wildman–Crippen MR) is 76.9 cm³/mol. The predicted octanol–water partition coefficient (Wildman–Crippen LogP) is 3.43. The number of hydrogen-bond acceptors (Lipinski definition) is 3. The highest BCUT2D eigenvalue weighted by Gasteiger charge is 2.14. The monoisotopic (exact) mass is 313 g/mol. The van der Waals surface area contributed by atoms with E-state index in [4.69, 9.17) is 9.47 Å². The zero-order chi connectivity index (χ0) is 12.8. The van der Waals surface area contributed by atoms with Gasteiger partial charge in [0.2, 0.25) is 0 Å². The van der Waals surface area contributed by atoms with Gasteiger partial charge in [0.1, 0.15) is 0 Å². The molecule has 0 aromatic heterocycles. The van der Waals surface area contributed by atoms with E-state index in [-0.39, 0.29) is 0 Å². The SMILES string of the molecule is COCc1c(Br)cccc1NCC1CCOCC1. The van der Waals surface area contributed by atoms with Gasteiger partial charge < -0.3 is 14.8 Å². The zero-order valence-electron chi connectivity index (χ0n) is 10.7. The Kier molecular flexibility index (Phi) is 5.47. The molecule has 1 N–H and O–H groups in total. The van der Waals surface area contributed by atoms with Crippen LogP contribution in [0.4, 0.5) is 5.69 Å². The summed E-state index contributed by atoms with van der Waals surface area (Å²) in [5, 5.41) is 3.54. The number of anilines is 1. The van der Waals surface area contributed by atoms with E-state index in [1.807, 2.05) is 6.07 Å². The molecule has 4 heteroatoms. The summed E-state index contributed by atoms with van der Waals surface area (Å²) in [4.78, 5) is 0. The first kappa shape index (κ1) is 13.8. The summed E-state index contributed by atoms with van der Waals surface area (Å²) in [6, 6.07) is 6.21. The van der Waals surface area contributed by atoms with E-state index in [0.29, 0.717) is 12.5 Å². The molecule has 1 aliphatic rings. The van der Waals surface area contributed by atoms with Crippen LogP contribution in [0.5, 0.6) is 0 Å². The van der Waals surface area contributed by atoms with Crippen LogP contribution in [-0.2, 0) is 16.1 Å². The topological polar surface area (TPSA) is 30.5 Å². The Balaban J connectivity index is 1.97. The lowest BCUT2D eigenvalue weighted by Gasteiger charge is -2.23. The summed E-state index contributed by atoms with van der Waals surface area (Å²) < 4.78 is 11.7. The van der Waals surface area contributed by atoms with Crippen molar-refractivity contribution >= 4 is 21.6 Å². The number of ether oxygens (including phenoxy) is 2. The Hall–Kier alpha value is -0.580. The van der Waals surface area contributed by atoms with Crippen molar-refractivity contribution in [1.82, 2.24) is 0 Å². The molecule has 1 fully saturated rings. The fourth-order valence-corrected chi connectivity index (χ4v) is 2.70. The molecule has 0 spiro atoms. The van der Waals surface area contributed by atoms with Gasteiger partial charge in [0.25, 0.3) is 0 Å². The van der Waals surface area contributed by atoms with Crippen molar-refractivity contribution < 1.29 is 9.47 Å². The standard InChI is InChI=1S/C14H20BrNO2/c1-17-10-12-13(15)3-2-4-14(12)16-9-11-5-7-18-8-6-11/h2-4,11,16H,5-10H2,1H3. The van der Waals surface area contributed by atoms with Gasteiger partial charge in [-0.1, -0.05) is 22.0 Å². The lowest BCUT2D eigenvalue weighted by atomic mass is 10.00. The first-order chi connectivity index (χ1) is 8.81. The second-order valence-corrected chi connectivity index (χ2v) is 5.49. The molecular formula is C14H20BrNO2. The molecule has 0 bridgehead atoms. The molecule has 1 aliphatic heterocycles. The molecule has 100 valence electrons. The van der Waals surface area contributed by atoms with Gasteiger partial charge in [0, 0.05) is 42.6 Å². The van der Waals surface area contributed by atoms with Crippen LogP contribution in [0.15, 0.2) is 22.7 Å². The molecule has 0 saturated carbocycles. The maximum absolute atomic E-state index is 5.38. The van der Waals surface area contributed by atoms with Crippen LogP contribution in [0.25, 0.3) is 0 Å². The smallest absolute Gasteiger partial charge is 0.0744 e. The van der Waals surface area contributed by atoms with E-state index in [1.165, 1.54) is 5.56 Å². The maximum atomic E-state index is 5.38. The molecule has 0 unspecified atom stereocenters. The summed E-state index contributed by atoms with van der Waals surface area (Å²) in [6.07, 6.45) is 2.31. The molecule has 0 amide bonds. The first-order valence-electron chi connectivity index (χ1n) is 6.39. The third-order valence-corrected chi connectivity index (χ3v) is 4.07. The van der Waals surface area contributed by atoms with E-state index < -0.39 is 0 Å². The maximum Gasteiger partial charge on any atom is 0.0744 e. The molecule has 1 aromatic rings. The minimum absolute atomic E-state index is 0.623. The number of rotatable bonds is 5. The molecule has 1 saturated heterocycles. The fourth-order valence-electron chi connectivity index (χ4n) is 2.22. The Bertz CT molecular complexity index is 378. The van der Waals surface area contributed by atoms with Crippen LogP contribution < -0.4 is 5.32 Å². The fraction of sp³-hybridized carbons (Fsp3) is 0.571. The lowest BCUT2D eigenvalue weighted by molar-refractivity contribution is 0.0699. The summed E-state index contributed by atoms with van der Waals surface area (Å²) in [5.74, 6) is 0.716. The van der Waals surface area contributed by atoms with E-state index in [0.717, 1.165) is 42.8 Å². The van der Waals surface area contributed by atoms with Gasteiger partial charge in [-0.2, -0.15) is 0 Å². The van der Waals surface area contributed by atoms with Gasteiger partial charge >= 0.3 is 0 Å². The van der Waals surface area contributed by atoms with Gasteiger partial charge in [0.05, 0.1) is 6.61 Å². The summed E-state index contributed by atoms with van der Waals surface area (Å²) in [6.45, 7) is 3.43. The minimum Gasteiger partial charge on any atom is -0.384 e. The van der Waals surface area contributed by atoms with Gasteiger partial charge in [-0.05, 0) is 30.9 Å². The molecule has 0 radical (unpaired) electrons. The van der Waals surface area contributed by atoms with Gasteiger partial charge in [-0.3, -0.25) is 0 Å². The minimum atomic E-state index is 0.623. The molecule has 3 nitrogen and oxygen atoms in total. The van der Waals surface area contributed by atoms with Crippen molar-refractivity contribution in [2.75, 3.05) is 32.2 Å². The van der Waals surface area contributed by atoms with Gasteiger partial charge in [0.15, 0.2) is 0 Å². The van der Waals surface area contributed by atoms with Crippen LogP contribution in [-0.4, -0.2) is 26.9 Å². The van der Waals surface area contributed by atoms with Crippen LogP contribution >= 0.6 is 15.9 Å². The molecule has 1 heterocycles. The van der Waals surface area contributed by atoms with Crippen molar-refractivity contribution in [3.05, 3.63) is 28.2 Å². The van der Waals surface area contributed by atoms with Crippen molar-refractivity contribution in [2.24, 2.45) is 5.92 Å². The quantitative estimate of drug-likeness (QED) is 0.903. The van der Waals surface area contributed by atoms with Crippen LogP contribution in [0.2, 0.25) is 0 Å². The average molecular weight is 314 g/mol. The van der Waals surface area contributed by atoms with E-state index in [9.17, 15) is 0 Å². The molecule has 0 aliphatic carbocycles. The number of benzene rings is 1. The van der Waals surface area contributed by atoms with Crippen molar-refractivity contribution in [1.29, 1.82) is 0 Å². The molecular weight excluding hydrogens is 294 g/mol. The highest BCUT2D eigenvalue weighted by Crippen LogP contribution is 2.26. The largest absolute Gasteiger partial charge is 0.384 e. The first-order valence-corrected chi connectivity index (χ1v) is 7.18. The summed E-state index contributed by atoms with van der Waals surface area (Å²) in [7, 11) is 1.72. The second kappa shape index (κ2) is 7.12. The van der Waals surface area contributed by atoms with Crippen molar-refractivity contribution in [3.8, 4) is 0 Å². The molecule has 2 rings (SSSR count). The lowest BCUT2D eigenvalue weighted by Crippen LogP contribution is -2.23. The number of nitrogens with one attached hydrogen (secondary N) is 1. The third kappa shape index (κ3) is 3.70. The van der Waals surface area contributed by atoms with Gasteiger partial charge in [-0.15, -0.1) is 0 Å². The Labute approximate surface area is 117 Å². The van der Waals surface area contributed by atoms with E-state index in [2.05, 4.69) is 33.4 Å². The second-order valence-electron chi connectivity index (χ2n) is 4.64. The number of halogens is 1. The molecule has 1 aromatic carbocycles. The Morgan fingerprint density at radius 1 is 1.39 bits per heavy atom. The number of methoxy groups -OCH3 is 1. The van der Waals surface area contributed by atoms with Gasteiger partial charge in [-0.25, -0.2) is 0 Å². The Morgan fingerprint density at radius 3 is 2.89 bits per heavy atom. The van der Waals surface area contributed by atoms with Crippen LogP contribution in [0.3, 0.4) is 0 Å². The van der Waals surface area contributed by atoms with Crippen LogP contribution in [0, 0.1) is 5.92 Å².